The van der Waals surface area contributed by atoms with Crippen LogP contribution in [0.15, 0.2) is 42.7 Å². The molecule has 2 amide bonds. The molecule has 0 aliphatic rings. The van der Waals surface area contributed by atoms with E-state index in [1.165, 1.54) is 18.5 Å². The molecule has 6 heteroatoms. The average Bonchev–Trinajstić information content (AvgIpc) is 2.65. The van der Waals surface area contributed by atoms with Crippen molar-refractivity contribution in [1.82, 2.24) is 10.3 Å². The molecule has 1 heterocycles. The average molecular weight is 336 g/mol. The van der Waals surface area contributed by atoms with Crippen LogP contribution in [-0.2, 0) is 0 Å². The minimum Gasteiger partial charge on any atom is -0.352 e. The maximum atomic E-state index is 12.3. The van der Waals surface area contributed by atoms with Crippen LogP contribution in [0.4, 0.5) is 5.69 Å². The third kappa shape index (κ3) is 5.43. The molecular weight excluding hydrogens is 316 g/mol. The topological polar surface area (TPSA) is 94.9 Å². The molecular formula is C19H20N4O2. The Kier molecular flexibility index (Phi) is 6.66. The van der Waals surface area contributed by atoms with Crippen LogP contribution < -0.4 is 10.6 Å². The fourth-order valence-electron chi connectivity index (χ4n) is 2.20. The van der Waals surface area contributed by atoms with Crippen LogP contribution in [0.1, 0.15) is 52.5 Å². The molecule has 0 radical (unpaired) electrons. The van der Waals surface area contributed by atoms with Crippen molar-refractivity contribution < 1.29 is 9.59 Å². The largest absolute Gasteiger partial charge is 0.352 e. The first-order valence-electron chi connectivity index (χ1n) is 8.18. The number of carbonyl (C=O) groups excluding carboxylic acids is 2. The standard InChI is InChI=1S/C19H20N4O2/c1-2-3-4-9-22-18(24)15-10-16(13-21-12-15)19(25)23-17-7-5-14(11-20)6-8-17/h5-8,10,12-13H,2-4,9H2,1H3,(H,22,24)(H,23,25). The van der Waals surface area contributed by atoms with Crippen LogP contribution in [0.2, 0.25) is 0 Å². The first-order valence-corrected chi connectivity index (χ1v) is 8.18. The van der Waals surface area contributed by atoms with Crippen molar-refractivity contribution >= 4 is 17.5 Å². The monoisotopic (exact) mass is 336 g/mol. The first-order chi connectivity index (χ1) is 12.1. The zero-order chi connectivity index (χ0) is 18.1. The van der Waals surface area contributed by atoms with Gasteiger partial charge in [-0.1, -0.05) is 19.8 Å². The van der Waals surface area contributed by atoms with Gasteiger partial charge in [0.15, 0.2) is 0 Å². The van der Waals surface area contributed by atoms with Gasteiger partial charge in [-0.25, -0.2) is 0 Å². The number of anilines is 1. The molecule has 25 heavy (non-hydrogen) atoms. The summed E-state index contributed by atoms with van der Waals surface area (Å²) in [6, 6.07) is 10.1. The zero-order valence-electron chi connectivity index (χ0n) is 14.1. The SMILES string of the molecule is CCCCCNC(=O)c1cncc(C(=O)Nc2ccc(C#N)cc2)c1. The van der Waals surface area contributed by atoms with E-state index in [1.807, 2.05) is 6.07 Å². The number of pyridine rings is 1. The number of rotatable bonds is 7. The van der Waals surface area contributed by atoms with E-state index >= 15 is 0 Å². The number of benzene rings is 1. The van der Waals surface area contributed by atoms with Crippen LogP contribution in [-0.4, -0.2) is 23.3 Å². The molecule has 0 aliphatic carbocycles. The number of carbonyl (C=O) groups is 2. The Balaban J connectivity index is 2.00. The fraction of sp³-hybridized carbons (Fsp3) is 0.263. The number of nitriles is 1. The highest BCUT2D eigenvalue weighted by atomic mass is 16.2. The molecule has 2 rings (SSSR count). The summed E-state index contributed by atoms with van der Waals surface area (Å²) in [6.45, 7) is 2.70. The van der Waals surface area contributed by atoms with E-state index in [1.54, 1.807) is 24.3 Å². The smallest absolute Gasteiger partial charge is 0.257 e. The molecule has 0 saturated carbocycles. The number of nitrogens with zero attached hydrogens (tertiary/aromatic N) is 2. The van der Waals surface area contributed by atoms with Gasteiger partial charge < -0.3 is 10.6 Å². The summed E-state index contributed by atoms with van der Waals surface area (Å²) >= 11 is 0. The third-order valence-corrected chi connectivity index (χ3v) is 3.60. The van der Waals surface area contributed by atoms with Gasteiger partial charge in [0.1, 0.15) is 0 Å². The van der Waals surface area contributed by atoms with Crippen LogP contribution in [0.5, 0.6) is 0 Å². The normalized spacial score (nSPS) is 9.92. The fourth-order valence-corrected chi connectivity index (χ4v) is 2.20. The molecule has 0 bridgehead atoms. The zero-order valence-corrected chi connectivity index (χ0v) is 14.1. The van der Waals surface area contributed by atoms with Gasteiger partial charge in [-0.2, -0.15) is 5.26 Å². The third-order valence-electron chi connectivity index (χ3n) is 3.60. The van der Waals surface area contributed by atoms with Gasteiger partial charge in [-0.3, -0.25) is 14.6 Å². The van der Waals surface area contributed by atoms with Crippen LogP contribution in [0, 0.1) is 11.3 Å². The van der Waals surface area contributed by atoms with Crippen molar-refractivity contribution in [3.63, 3.8) is 0 Å². The molecule has 0 atom stereocenters. The Hall–Kier alpha value is -3.20. The minimum absolute atomic E-state index is 0.239. The maximum Gasteiger partial charge on any atom is 0.257 e. The van der Waals surface area contributed by atoms with Crippen molar-refractivity contribution in [1.29, 1.82) is 5.26 Å². The lowest BCUT2D eigenvalue weighted by Crippen LogP contribution is -2.25. The highest BCUT2D eigenvalue weighted by Crippen LogP contribution is 2.11. The number of nitrogens with one attached hydrogen (secondary N) is 2. The lowest BCUT2D eigenvalue weighted by atomic mass is 10.1. The van der Waals surface area contributed by atoms with Gasteiger partial charge in [-0.05, 0) is 36.8 Å². The predicted molar refractivity (Wildman–Crippen MR) is 95.2 cm³/mol. The van der Waals surface area contributed by atoms with E-state index in [2.05, 4.69) is 22.5 Å². The van der Waals surface area contributed by atoms with Crippen molar-refractivity contribution in [3.05, 3.63) is 59.4 Å². The van der Waals surface area contributed by atoms with Gasteiger partial charge >= 0.3 is 0 Å². The Morgan fingerprint density at radius 3 is 2.40 bits per heavy atom. The lowest BCUT2D eigenvalue weighted by molar-refractivity contribution is 0.0952. The van der Waals surface area contributed by atoms with Gasteiger partial charge in [0.05, 0.1) is 22.8 Å². The van der Waals surface area contributed by atoms with Crippen molar-refractivity contribution in [2.24, 2.45) is 0 Å². The van der Waals surface area contributed by atoms with Gasteiger partial charge in [0, 0.05) is 24.6 Å². The molecule has 0 fully saturated rings. The number of amides is 2. The van der Waals surface area contributed by atoms with E-state index < -0.39 is 0 Å². The van der Waals surface area contributed by atoms with Gasteiger partial charge in [-0.15, -0.1) is 0 Å². The van der Waals surface area contributed by atoms with Crippen LogP contribution >= 0.6 is 0 Å². The summed E-state index contributed by atoms with van der Waals surface area (Å²) in [5, 5.41) is 14.3. The summed E-state index contributed by atoms with van der Waals surface area (Å²) in [4.78, 5) is 28.4. The highest BCUT2D eigenvalue weighted by Gasteiger charge is 2.11. The number of aromatic nitrogens is 1. The maximum absolute atomic E-state index is 12.3. The summed E-state index contributed by atoms with van der Waals surface area (Å²) < 4.78 is 0. The molecule has 0 saturated heterocycles. The number of hydrogen-bond donors (Lipinski definition) is 2. The van der Waals surface area contributed by atoms with Gasteiger partial charge in [0.25, 0.3) is 11.8 Å². The summed E-state index contributed by atoms with van der Waals surface area (Å²) in [7, 11) is 0. The summed E-state index contributed by atoms with van der Waals surface area (Å²) in [5.41, 5.74) is 1.73. The molecule has 2 N–H and O–H groups in total. The second-order valence-corrected chi connectivity index (χ2v) is 5.57. The lowest BCUT2D eigenvalue weighted by Gasteiger charge is -2.07. The Morgan fingerprint density at radius 2 is 1.76 bits per heavy atom. The Labute approximate surface area is 146 Å². The quantitative estimate of drug-likeness (QED) is 0.759. The highest BCUT2D eigenvalue weighted by molar-refractivity contribution is 6.05. The molecule has 0 aliphatic heterocycles. The van der Waals surface area contributed by atoms with Crippen molar-refractivity contribution in [2.75, 3.05) is 11.9 Å². The van der Waals surface area contributed by atoms with Crippen LogP contribution in [0.25, 0.3) is 0 Å². The Morgan fingerprint density at radius 1 is 1.08 bits per heavy atom. The van der Waals surface area contributed by atoms with Crippen LogP contribution in [0.3, 0.4) is 0 Å². The van der Waals surface area contributed by atoms with E-state index in [0.717, 1.165) is 19.3 Å². The van der Waals surface area contributed by atoms with Crippen molar-refractivity contribution in [3.8, 4) is 6.07 Å². The van der Waals surface area contributed by atoms with E-state index in [0.29, 0.717) is 28.9 Å². The minimum atomic E-state index is -0.363. The molecule has 128 valence electrons. The molecule has 2 aromatic rings. The Bertz CT molecular complexity index is 779. The molecule has 0 spiro atoms. The first kappa shape index (κ1) is 18.1. The molecule has 6 nitrogen and oxygen atoms in total. The summed E-state index contributed by atoms with van der Waals surface area (Å²) in [5.74, 6) is -0.602. The van der Waals surface area contributed by atoms with Gasteiger partial charge in [0.2, 0.25) is 0 Å². The van der Waals surface area contributed by atoms with Crippen molar-refractivity contribution in [2.45, 2.75) is 26.2 Å². The second-order valence-electron chi connectivity index (χ2n) is 5.57. The summed E-state index contributed by atoms with van der Waals surface area (Å²) in [6.07, 6.45) is 5.92. The number of unbranched alkanes of at least 4 members (excludes halogenated alkanes) is 2. The van der Waals surface area contributed by atoms with E-state index in [-0.39, 0.29) is 11.8 Å². The molecule has 0 unspecified atom stereocenters. The van der Waals surface area contributed by atoms with E-state index in [4.69, 9.17) is 5.26 Å². The molecule has 1 aromatic heterocycles. The number of hydrogen-bond acceptors (Lipinski definition) is 4. The second kappa shape index (κ2) is 9.18. The molecule has 1 aromatic carbocycles. The predicted octanol–water partition coefficient (Wildman–Crippen LogP) is 3.13. The van der Waals surface area contributed by atoms with E-state index in [9.17, 15) is 9.59 Å².